The third-order valence-corrected chi connectivity index (χ3v) is 5.49. The highest BCUT2D eigenvalue weighted by Crippen LogP contribution is 2.34. The largest absolute Gasteiger partial charge is 0.488 e. The summed E-state index contributed by atoms with van der Waals surface area (Å²) in [5.41, 5.74) is 5.70. The lowest BCUT2D eigenvalue weighted by Gasteiger charge is -2.15. The molecule has 0 fully saturated rings. The number of pyridine rings is 1. The van der Waals surface area contributed by atoms with Crippen molar-refractivity contribution in [1.29, 1.82) is 0 Å². The summed E-state index contributed by atoms with van der Waals surface area (Å²) in [5.74, 6) is 0.986. The number of hydrogen-bond acceptors (Lipinski definition) is 6. The van der Waals surface area contributed by atoms with Crippen LogP contribution in [0.2, 0.25) is 0 Å². The molecule has 0 aliphatic heterocycles. The van der Waals surface area contributed by atoms with Crippen LogP contribution in [0.25, 0.3) is 10.9 Å². The van der Waals surface area contributed by atoms with E-state index in [0.717, 1.165) is 11.1 Å². The van der Waals surface area contributed by atoms with E-state index < -0.39 is 5.91 Å². The van der Waals surface area contributed by atoms with E-state index >= 15 is 0 Å². The van der Waals surface area contributed by atoms with Crippen LogP contribution in [0, 0.1) is 6.92 Å². The molecule has 9 heteroatoms. The molecule has 0 bridgehead atoms. The summed E-state index contributed by atoms with van der Waals surface area (Å²) in [4.78, 5) is 33.9. The van der Waals surface area contributed by atoms with Gasteiger partial charge < -0.3 is 20.1 Å². The highest BCUT2D eigenvalue weighted by atomic mass is 16.6. The normalized spacial score (nSPS) is 10.6. The number of carbonyl (C=O) groups is 2. The average molecular weight is 501 g/mol. The third kappa shape index (κ3) is 6.33. The molecule has 0 radical (unpaired) electrons. The van der Waals surface area contributed by atoms with Gasteiger partial charge in [-0.2, -0.15) is 0 Å². The number of carbonyl (C=O) groups excluding carboxylic acids is 2. The molecule has 9 nitrogen and oxygen atoms in total. The molecule has 0 spiro atoms. The Balaban J connectivity index is 1.64. The first-order valence-electron chi connectivity index (χ1n) is 11.7. The van der Waals surface area contributed by atoms with E-state index in [1.807, 2.05) is 50.2 Å². The molecular weight excluding hydrogens is 472 g/mol. The number of ether oxygens (including phenoxy) is 2. The van der Waals surface area contributed by atoms with Crippen LogP contribution in [0.5, 0.6) is 17.2 Å². The van der Waals surface area contributed by atoms with E-state index in [4.69, 9.17) is 14.3 Å². The van der Waals surface area contributed by atoms with E-state index in [2.05, 4.69) is 21.1 Å². The van der Waals surface area contributed by atoms with Crippen molar-refractivity contribution in [1.82, 2.24) is 15.8 Å². The van der Waals surface area contributed by atoms with Crippen LogP contribution >= 0.6 is 0 Å². The Morgan fingerprint density at radius 1 is 0.973 bits per heavy atom. The van der Waals surface area contributed by atoms with Crippen LogP contribution in [0.4, 0.5) is 10.5 Å². The Morgan fingerprint density at radius 2 is 1.78 bits per heavy atom. The van der Waals surface area contributed by atoms with Gasteiger partial charge in [-0.1, -0.05) is 30.3 Å². The monoisotopic (exact) mass is 500 g/mol. The zero-order valence-electron chi connectivity index (χ0n) is 20.8. The van der Waals surface area contributed by atoms with E-state index in [1.54, 1.807) is 36.5 Å². The number of urea groups is 1. The molecule has 190 valence electrons. The summed E-state index contributed by atoms with van der Waals surface area (Å²) in [6.45, 7) is 4.55. The maximum Gasteiger partial charge on any atom is 0.319 e. The first-order chi connectivity index (χ1) is 18.0. The van der Waals surface area contributed by atoms with Crippen molar-refractivity contribution in [2.24, 2.45) is 0 Å². The average Bonchev–Trinajstić information content (AvgIpc) is 2.89. The number of nitrogens with one attached hydrogen (secondary N) is 3. The Bertz CT molecular complexity index is 1410. The quantitative estimate of drug-likeness (QED) is 0.267. The van der Waals surface area contributed by atoms with Gasteiger partial charge in [0.05, 0.1) is 18.2 Å². The van der Waals surface area contributed by atoms with Crippen LogP contribution in [-0.2, 0) is 11.4 Å². The van der Waals surface area contributed by atoms with Crippen molar-refractivity contribution in [3.05, 3.63) is 89.6 Å². The van der Waals surface area contributed by atoms with Crippen molar-refractivity contribution in [3.63, 3.8) is 0 Å². The molecule has 0 unspecified atom stereocenters. The molecule has 4 aromatic rings. The minimum absolute atomic E-state index is 0.272. The van der Waals surface area contributed by atoms with Crippen LogP contribution in [0.1, 0.15) is 28.4 Å². The number of nitrogens with zero attached hydrogens (tertiary/aromatic N) is 1. The van der Waals surface area contributed by atoms with Crippen LogP contribution < -0.4 is 25.6 Å². The second-order valence-corrected chi connectivity index (χ2v) is 8.15. The van der Waals surface area contributed by atoms with Gasteiger partial charge in [0, 0.05) is 29.9 Å². The number of fused-ring (bicyclic) bond motifs is 1. The molecule has 3 amide bonds. The smallest absolute Gasteiger partial charge is 0.319 e. The molecule has 0 saturated heterocycles. The van der Waals surface area contributed by atoms with E-state index in [0.29, 0.717) is 40.4 Å². The zero-order chi connectivity index (χ0) is 26.2. The standard InChI is InChI=1S/C28H28N4O5/c1-4-29-28(34)31-23-11-10-20(14-18(23)2)37-25-12-13-30-24-16-26(36-17-19-8-6-5-7-9-19)22(15-21(24)25)27(33)32-35-3/h5-16H,4,17H2,1-3H3,(H,32,33)(H2,29,31,34). The minimum atomic E-state index is -0.459. The lowest BCUT2D eigenvalue weighted by molar-refractivity contribution is 0.0534. The van der Waals surface area contributed by atoms with Gasteiger partial charge >= 0.3 is 6.03 Å². The van der Waals surface area contributed by atoms with Crippen molar-refractivity contribution < 1.29 is 23.9 Å². The van der Waals surface area contributed by atoms with Crippen molar-refractivity contribution >= 4 is 28.5 Å². The summed E-state index contributed by atoms with van der Waals surface area (Å²) >= 11 is 0. The molecule has 3 aromatic carbocycles. The summed E-state index contributed by atoms with van der Waals surface area (Å²) in [6, 6.07) is 19.9. The summed E-state index contributed by atoms with van der Waals surface area (Å²) in [6.07, 6.45) is 1.63. The predicted octanol–water partition coefficient (Wildman–Crippen LogP) is 5.35. The Labute approximate surface area is 214 Å². The van der Waals surface area contributed by atoms with Crippen molar-refractivity contribution in [2.45, 2.75) is 20.5 Å². The Hall–Kier alpha value is -4.63. The summed E-state index contributed by atoms with van der Waals surface area (Å²) in [7, 11) is 1.37. The van der Waals surface area contributed by atoms with E-state index in [1.165, 1.54) is 7.11 Å². The number of amides is 3. The molecule has 0 aliphatic rings. The van der Waals surface area contributed by atoms with Crippen molar-refractivity contribution in [3.8, 4) is 17.2 Å². The summed E-state index contributed by atoms with van der Waals surface area (Å²) < 4.78 is 12.2. The van der Waals surface area contributed by atoms with Crippen LogP contribution in [-0.4, -0.2) is 30.6 Å². The number of hydroxylamine groups is 1. The molecule has 0 aliphatic carbocycles. The second-order valence-electron chi connectivity index (χ2n) is 8.15. The fraction of sp³-hybridized carbons (Fsp3) is 0.179. The fourth-order valence-electron chi connectivity index (χ4n) is 3.71. The van der Waals surface area contributed by atoms with Gasteiger partial charge in [0.15, 0.2) is 0 Å². The van der Waals surface area contributed by atoms with Gasteiger partial charge in [0.25, 0.3) is 5.91 Å². The van der Waals surface area contributed by atoms with Gasteiger partial charge in [-0.3, -0.25) is 14.6 Å². The lowest BCUT2D eigenvalue weighted by atomic mass is 10.1. The number of rotatable bonds is 9. The third-order valence-electron chi connectivity index (χ3n) is 5.49. The molecule has 4 rings (SSSR count). The molecule has 0 saturated carbocycles. The highest BCUT2D eigenvalue weighted by Gasteiger charge is 2.18. The molecule has 1 heterocycles. The molecule has 3 N–H and O–H groups in total. The Morgan fingerprint density at radius 3 is 2.51 bits per heavy atom. The van der Waals surface area contributed by atoms with Gasteiger partial charge in [-0.25, -0.2) is 10.3 Å². The van der Waals surface area contributed by atoms with Gasteiger partial charge in [0.1, 0.15) is 23.9 Å². The number of benzene rings is 3. The number of aromatic nitrogens is 1. The number of hydrogen-bond donors (Lipinski definition) is 3. The SMILES string of the molecule is CCNC(=O)Nc1ccc(Oc2ccnc3cc(OCc4ccccc4)c(C(=O)NOC)cc23)cc1C. The lowest BCUT2D eigenvalue weighted by Crippen LogP contribution is -2.28. The van der Waals surface area contributed by atoms with Gasteiger partial charge in [0.2, 0.25) is 0 Å². The predicted molar refractivity (Wildman–Crippen MR) is 141 cm³/mol. The first-order valence-corrected chi connectivity index (χ1v) is 11.7. The van der Waals surface area contributed by atoms with Gasteiger partial charge in [-0.15, -0.1) is 0 Å². The molecule has 37 heavy (non-hydrogen) atoms. The van der Waals surface area contributed by atoms with E-state index in [9.17, 15) is 9.59 Å². The number of aryl methyl sites for hydroxylation is 1. The highest BCUT2D eigenvalue weighted by molar-refractivity contribution is 6.01. The first kappa shape index (κ1) is 25.5. The topological polar surface area (TPSA) is 111 Å². The van der Waals surface area contributed by atoms with Crippen molar-refractivity contribution in [2.75, 3.05) is 19.0 Å². The van der Waals surface area contributed by atoms with Crippen LogP contribution in [0.15, 0.2) is 72.9 Å². The van der Waals surface area contributed by atoms with E-state index in [-0.39, 0.29) is 18.2 Å². The maximum absolute atomic E-state index is 12.8. The molecule has 1 aromatic heterocycles. The Kier molecular flexibility index (Phi) is 8.17. The van der Waals surface area contributed by atoms with Gasteiger partial charge in [-0.05, 0) is 55.3 Å². The minimum Gasteiger partial charge on any atom is -0.488 e. The fourth-order valence-corrected chi connectivity index (χ4v) is 3.71. The summed E-state index contributed by atoms with van der Waals surface area (Å²) in [5, 5.41) is 6.13. The maximum atomic E-state index is 12.8. The number of anilines is 1. The second kappa shape index (κ2) is 11.9. The van der Waals surface area contributed by atoms with Crippen LogP contribution in [0.3, 0.4) is 0 Å². The zero-order valence-corrected chi connectivity index (χ0v) is 20.8. The molecular formula is C28H28N4O5. The molecule has 0 atom stereocenters.